The molecule has 2 saturated heterocycles. The van der Waals surface area contributed by atoms with E-state index in [-0.39, 0.29) is 24.0 Å². The number of hydrogen-bond donors (Lipinski definition) is 2. The van der Waals surface area contributed by atoms with Crippen molar-refractivity contribution in [3.05, 3.63) is 0 Å². The molecule has 0 aliphatic carbocycles. The summed E-state index contributed by atoms with van der Waals surface area (Å²) in [6.07, 6.45) is 1.65. The molecule has 2 aliphatic rings. The lowest BCUT2D eigenvalue weighted by Gasteiger charge is -2.32. The number of likely N-dealkylation sites (tertiary alicyclic amines) is 1. The summed E-state index contributed by atoms with van der Waals surface area (Å²) >= 11 is 0. The maximum atomic E-state index is 12.1. The van der Waals surface area contributed by atoms with E-state index < -0.39 is 26.9 Å². The van der Waals surface area contributed by atoms with Crippen LogP contribution in [0.4, 0.5) is 0 Å². The molecule has 7 nitrogen and oxygen atoms in total. The maximum absolute atomic E-state index is 12.1. The van der Waals surface area contributed by atoms with E-state index in [2.05, 4.69) is 5.32 Å². The molecular weight excluding hydrogens is 296 g/mol. The van der Waals surface area contributed by atoms with Gasteiger partial charge in [-0.3, -0.25) is 14.5 Å². The zero-order valence-electron chi connectivity index (χ0n) is 12.4. The minimum absolute atomic E-state index is 0.0154. The van der Waals surface area contributed by atoms with Crippen molar-refractivity contribution in [3.63, 3.8) is 0 Å². The Bertz CT molecular complexity index is 561. The second kappa shape index (κ2) is 5.24. The molecule has 0 saturated carbocycles. The Balaban J connectivity index is 1.98. The molecule has 2 unspecified atom stereocenters. The SMILES string of the molecule is CC1(NC(=O)CN2CCCC2(C)C(=O)O)CCS(=O)(=O)C1. The summed E-state index contributed by atoms with van der Waals surface area (Å²) in [6.45, 7) is 3.89. The lowest BCUT2D eigenvalue weighted by atomic mass is 9.99. The van der Waals surface area contributed by atoms with Crippen LogP contribution in [0.15, 0.2) is 0 Å². The van der Waals surface area contributed by atoms with E-state index in [0.717, 1.165) is 6.42 Å². The Morgan fingerprint density at radius 2 is 1.95 bits per heavy atom. The van der Waals surface area contributed by atoms with Gasteiger partial charge in [-0.15, -0.1) is 0 Å². The Morgan fingerprint density at radius 1 is 1.29 bits per heavy atom. The number of rotatable bonds is 4. The zero-order chi connectivity index (χ0) is 15.9. The third-order valence-corrected chi connectivity index (χ3v) is 6.43. The predicted molar refractivity (Wildman–Crippen MR) is 76.7 cm³/mol. The highest BCUT2D eigenvalue weighted by Gasteiger charge is 2.45. The standard InChI is InChI=1S/C13H22N2O5S/c1-12(5-7-21(19,20)9-12)14-10(16)8-15-6-3-4-13(15,2)11(17)18/h3-9H2,1-2H3,(H,14,16)(H,17,18). The van der Waals surface area contributed by atoms with Crippen molar-refractivity contribution in [2.24, 2.45) is 0 Å². The van der Waals surface area contributed by atoms with Gasteiger partial charge in [-0.2, -0.15) is 0 Å². The average Bonchev–Trinajstić information content (AvgIpc) is 2.81. The first-order chi connectivity index (χ1) is 9.56. The number of aliphatic carboxylic acids is 1. The third kappa shape index (κ3) is 3.37. The van der Waals surface area contributed by atoms with Crippen molar-refractivity contribution in [1.82, 2.24) is 10.2 Å². The van der Waals surface area contributed by atoms with Crippen LogP contribution in [-0.2, 0) is 19.4 Å². The van der Waals surface area contributed by atoms with Gasteiger partial charge in [0.05, 0.1) is 23.6 Å². The molecule has 21 heavy (non-hydrogen) atoms. The van der Waals surface area contributed by atoms with Gasteiger partial charge in [-0.1, -0.05) is 0 Å². The van der Waals surface area contributed by atoms with Gasteiger partial charge in [-0.25, -0.2) is 8.42 Å². The molecule has 2 heterocycles. The predicted octanol–water partition coefficient (Wildman–Crippen LogP) is -0.381. The molecule has 0 bridgehead atoms. The van der Waals surface area contributed by atoms with Crippen LogP contribution in [0, 0.1) is 0 Å². The van der Waals surface area contributed by atoms with Crippen molar-refractivity contribution in [3.8, 4) is 0 Å². The summed E-state index contributed by atoms with van der Waals surface area (Å²) in [5, 5.41) is 12.1. The summed E-state index contributed by atoms with van der Waals surface area (Å²) in [4.78, 5) is 25.1. The fraction of sp³-hybridized carbons (Fsp3) is 0.846. The Morgan fingerprint density at radius 3 is 2.48 bits per heavy atom. The average molecular weight is 318 g/mol. The molecule has 2 atom stereocenters. The fourth-order valence-electron chi connectivity index (χ4n) is 3.17. The van der Waals surface area contributed by atoms with Crippen molar-refractivity contribution in [2.45, 2.75) is 44.2 Å². The van der Waals surface area contributed by atoms with E-state index in [1.807, 2.05) is 0 Å². The van der Waals surface area contributed by atoms with Gasteiger partial charge in [-0.05, 0) is 39.7 Å². The highest BCUT2D eigenvalue weighted by Crippen LogP contribution is 2.29. The molecule has 2 N–H and O–H groups in total. The molecule has 120 valence electrons. The molecule has 0 aromatic rings. The summed E-state index contributed by atoms with van der Waals surface area (Å²) in [5.41, 5.74) is -1.75. The normalized spacial score (nSPS) is 35.7. The van der Waals surface area contributed by atoms with Crippen molar-refractivity contribution >= 4 is 21.7 Å². The van der Waals surface area contributed by atoms with Crippen LogP contribution < -0.4 is 5.32 Å². The second-order valence-electron chi connectivity index (χ2n) is 6.55. The first-order valence-corrected chi connectivity index (χ1v) is 8.88. The molecule has 0 aromatic carbocycles. The Kier molecular flexibility index (Phi) is 4.05. The Labute approximate surface area is 124 Å². The molecule has 0 spiro atoms. The number of carboxylic acid groups (broad SMARTS) is 1. The molecule has 2 fully saturated rings. The highest BCUT2D eigenvalue weighted by molar-refractivity contribution is 7.91. The molecule has 1 amide bonds. The summed E-state index contributed by atoms with van der Waals surface area (Å²) in [6, 6.07) is 0. The number of carbonyl (C=O) groups is 2. The summed E-state index contributed by atoms with van der Waals surface area (Å²) in [7, 11) is -3.09. The van der Waals surface area contributed by atoms with Crippen LogP contribution in [0.25, 0.3) is 0 Å². The van der Waals surface area contributed by atoms with Crippen molar-refractivity contribution in [1.29, 1.82) is 0 Å². The molecule has 2 aliphatic heterocycles. The van der Waals surface area contributed by atoms with Crippen molar-refractivity contribution < 1.29 is 23.1 Å². The number of carbonyl (C=O) groups excluding carboxylic acids is 1. The van der Waals surface area contributed by atoms with E-state index in [9.17, 15) is 23.1 Å². The summed E-state index contributed by atoms with van der Waals surface area (Å²) < 4.78 is 23.1. The Hall–Kier alpha value is -1.15. The van der Waals surface area contributed by atoms with Gasteiger partial charge < -0.3 is 10.4 Å². The van der Waals surface area contributed by atoms with Gasteiger partial charge in [0.15, 0.2) is 9.84 Å². The lowest BCUT2D eigenvalue weighted by Crippen LogP contribution is -2.55. The molecular formula is C13H22N2O5S. The second-order valence-corrected chi connectivity index (χ2v) is 8.74. The van der Waals surface area contributed by atoms with Crippen LogP contribution in [0.5, 0.6) is 0 Å². The van der Waals surface area contributed by atoms with E-state index in [1.165, 1.54) is 0 Å². The number of nitrogens with zero attached hydrogens (tertiary/aromatic N) is 1. The van der Waals surface area contributed by atoms with Crippen LogP contribution in [0.1, 0.15) is 33.1 Å². The minimum Gasteiger partial charge on any atom is -0.480 e. The maximum Gasteiger partial charge on any atom is 0.323 e. The van der Waals surface area contributed by atoms with Crippen LogP contribution in [-0.4, -0.2) is 66.0 Å². The van der Waals surface area contributed by atoms with Crippen LogP contribution in [0.2, 0.25) is 0 Å². The lowest BCUT2D eigenvalue weighted by molar-refractivity contribution is -0.149. The van der Waals surface area contributed by atoms with E-state index in [4.69, 9.17) is 0 Å². The fourth-order valence-corrected chi connectivity index (χ4v) is 5.27. The molecule has 0 aromatic heterocycles. The minimum atomic E-state index is -3.09. The van der Waals surface area contributed by atoms with Gasteiger partial charge in [0.1, 0.15) is 5.54 Å². The third-order valence-electron chi connectivity index (χ3n) is 4.53. The topological polar surface area (TPSA) is 104 Å². The van der Waals surface area contributed by atoms with Crippen LogP contribution >= 0.6 is 0 Å². The molecule has 0 radical (unpaired) electrons. The number of sulfone groups is 1. The van der Waals surface area contributed by atoms with E-state index in [1.54, 1.807) is 18.7 Å². The van der Waals surface area contributed by atoms with Gasteiger partial charge in [0, 0.05) is 0 Å². The van der Waals surface area contributed by atoms with Crippen LogP contribution in [0.3, 0.4) is 0 Å². The van der Waals surface area contributed by atoms with E-state index >= 15 is 0 Å². The monoisotopic (exact) mass is 318 g/mol. The molecule has 2 rings (SSSR count). The van der Waals surface area contributed by atoms with E-state index in [0.29, 0.717) is 19.4 Å². The molecule has 8 heteroatoms. The van der Waals surface area contributed by atoms with Gasteiger partial charge >= 0.3 is 5.97 Å². The van der Waals surface area contributed by atoms with Gasteiger partial charge in [0.25, 0.3) is 0 Å². The summed E-state index contributed by atoms with van der Waals surface area (Å²) in [5.74, 6) is -1.21. The smallest absolute Gasteiger partial charge is 0.323 e. The number of nitrogens with one attached hydrogen (secondary N) is 1. The number of amides is 1. The van der Waals surface area contributed by atoms with Gasteiger partial charge in [0.2, 0.25) is 5.91 Å². The number of carboxylic acids is 1. The highest BCUT2D eigenvalue weighted by atomic mass is 32.2. The largest absolute Gasteiger partial charge is 0.480 e. The number of hydrogen-bond acceptors (Lipinski definition) is 5. The van der Waals surface area contributed by atoms with Crippen molar-refractivity contribution in [2.75, 3.05) is 24.6 Å². The quantitative estimate of drug-likeness (QED) is 0.732. The zero-order valence-corrected chi connectivity index (χ0v) is 13.2. The first kappa shape index (κ1) is 16.2. The first-order valence-electron chi connectivity index (χ1n) is 7.06.